The Bertz CT molecular complexity index is 883. The van der Waals surface area contributed by atoms with Gasteiger partial charge in [0.2, 0.25) is 0 Å². The molecule has 27 heavy (non-hydrogen) atoms. The Hall–Kier alpha value is -1.38. The Balaban J connectivity index is 1.99. The molecule has 0 saturated heterocycles. The van der Waals surface area contributed by atoms with Gasteiger partial charge < -0.3 is 9.84 Å². The highest BCUT2D eigenvalue weighted by atomic mass is 79.9. The van der Waals surface area contributed by atoms with Crippen LogP contribution >= 0.6 is 47.8 Å². The quantitative estimate of drug-likeness (QED) is 0.353. The lowest BCUT2D eigenvalue weighted by atomic mass is 10.0. The zero-order valence-corrected chi connectivity index (χ0v) is 19.8. The van der Waals surface area contributed by atoms with Gasteiger partial charge in [0.1, 0.15) is 11.5 Å². The van der Waals surface area contributed by atoms with E-state index in [0.717, 1.165) is 11.1 Å². The van der Waals surface area contributed by atoms with Gasteiger partial charge in [0.15, 0.2) is 6.61 Å². The van der Waals surface area contributed by atoms with Gasteiger partial charge in [-0.05, 0) is 68.0 Å². The first-order valence-corrected chi connectivity index (χ1v) is 10.5. The van der Waals surface area contributed by atoms with Crippen molar-refractivity contribution in [2.24, 2.45) is 5.10 Å². The summed E-state index contributed by atoms with van der Waals surface area (Å²) in [5.74, 6) is 0.734. The van der Waals surface area contributed by atoms with Crippen LogP contribution in [-0.2, 0) is 4.79 Å². The van der Waals surface area contributed by atoms with E-state index >= 15 is 0 Å². The van der Waals surface area contributed by atoms with Gasteiger partial charge in [0.05, 0.1) is 15.2 Å². The number of hydrogen-bond donors (Lipinski definition) is 2. The summed E-state index contributed by atoms with van der Waals surface area (Å²) in [6, 6.07) is 7.68. The van der Waals surface area contributed by atoms with E-state index in [-0.39, 0.29) is 18.3 Å². The van der Waals surface area contributed by atoms with Crippen LogP contribution in [0.1, 0.15) is 36.5 Å². The standard InChI is InChI=1S/C19H19Br3N2O3/c1-10(2)12-5-4-11(3)16(6-12)27-9-17(25)24-23-8-13-14(20)7-15(21)19(26)18(13)22/h4-8,10,26H,9H2,1-3H3,(H,24,25)/b23-8+. The van der Waals surface area contributed by atoms with Gasteiger partial charge in [-0.2, -0.15) is 5.10 Å². The number of carbonyl (C=O) groups is 1. The fourth-order valence-corrected chi connectivity index (χ4v) is 4.51. The molecule has 5 nitrogen and oxygen atoms in total. The number of nitrogens with zero attached hydrogens (tertiary/aromatic N) is 1. The van der Waals surface area contributed by atoms with Crippen LogP contribution in [0.3, 0.4) is 0 Å². The Morgan fingerprint density at radius 3 is 2.63 bits per heavy atom. The van der Waals surface area contributed by atoms with Gasteiger partial charge in [-0.3, -0.25) is 4.79 Å². The highest BCUT2D eigenvalue weighted by Crippen LogP contribution is 2.38. The molecule has 0 unspecified atom stereocenters. The Kier molecular flexibility index (Phi) is 7.88. The lowest BCUT2D eigenvalue weighted by molar-refractivity contribution is -0.123. The zero-order chi connectivity index (χ0) is 20.1. The van der Waals surface area contributed by atoms with Crippen LogP contribution in [0, 0.1) is 6.92 Å². The molecule has 144 valence electrons. The maximum Gasteiger partial charge on any atom is 0.277 e. The van der Waals surface area contributed by atoms with Crippen LogP contribution in [0.25, 0.3) is 0 Å². The van der Waals surface area contributed by atoms with Crippen molar-refractivity contribution < 1.29 is 14.6 Å². The molecule has 0 aliphatic rings. The van der Waals surface area contributed by atoms with E-state index in [1.54, 1.807) is 6.07 Å². The summed E-state index contributed by atoms with van der Waals surface area (Å²) in [5, 5.41) is 13.9. The van der Waals surface area contributed by atoms with Crippen LogP contribution in [0.2, 0.25) is 0 Å². The van der Waals surface area contributed by atoms with E-state index in [1.165, 1.54) is 6.21 Å². The third-order valence-corrected chi connectivity index (χ3v) is 5.87. The number of hydrazone groups is 1. The van der Waals surface area contributed by atoms with Crippen molar-refractivity contribution in [1.29, 1.82) is 0 Å². The first-order valence-electron chi connectivity index (χ1n) is 8.12. The van der Waals surface area contributed by atoms with E-state index in [9.17, 15) is 9.90 Å². The number of amides is 1. The highest BCUT2D eigenvalue weighted by molar-refractivity contribution is 9.11. The number of halogens is 3. The van der Waals surface area contributed by atoms with E-state index in [1.807, 2.05) is 19.1 Å². The summed E-state index contributed by atoms with van der Waals surface area (Å²) in [4.78, 5) is 12.0. The minimum Gasteiger partial charge on any atom is -0.506 e. The molecule has 0 aliphatic heterocycles. The van der Waals surface area contributed by atoms with Crippen molar-refractivity contribution in [2.75, 3.05) is 6.61 Å². The summed E-state index contributed by atoms with van der Waals surface area (Å²) in [6.07, 6.45) is 1.43. The number of benzene rings is 2. The Morgan fingerprint density at radius 2 is 1.96 bits per heavy atom. The van der Waals surface area contributed by atoms with Gasteiger partial charge in [0, 0.05) is 10.0 Å². The summed E-state index contributed by atoms with van der Waals surface area (Å²) >= 11 is 9.93. The molecule has 0 bridgehead atoms. The Labute approximate surface area is 183 Å². The number of phenolic OH excluding ortho intramolecular Hbond substituents is 1. The number of hydrogen-bond acceptors (Lipinski definition) is 4. The van der Waals surface area contributed by atoms with E-state index in [4.69, 9.17) is 4.74 Å². The van der Waals surface area contributed by atoms with Gasteiger partial charge in [-0.15, -0.1) is 0 Å². The number of aryl methyl sites for hydroxylation is 1. The first-order chi connectivity index (χ1) is 12.7. The molecule has 0 fully saturated rings. The van der Waals surface area contributed by atoms with Gasteiger partial charge in [-0.25, -0.2) is 5.43 Å². The summed E-state index contributed by atoms with van der Waals surface area (Å²) in [7, 11) is 0. The molecule has 2 N–H and O–H groups in total. The number of rotatable bonds is 6. The number of nitrogens with one attached hydrogen (secondary N) is 1. The normalized spacial score (nSPS) is 11.2. The molecule has 0 heterocycles. The van der Waals surface area contributed by atoms with Crippen LogP contribution in [0.15, 0.2) is 42.8 Å². The number of phenols is 1. The molecule has 2 aromatic rings. The first kappa shape index (κ1) is 21.9. The molecule has 0 atom stereocenters. The molecule has 0 radical (unpaired) electrons. The van der Waals surface area contributed by atoms with Crippen molar-refractivity contribution in [1.82, 2.24) is 5.43 Å². The molecule has 1 amide bonds. The van der Waals surface area contributed by atoms with E-state index < -0.39 is 0 Å². The molecular formula is C19H19Br3N2O3. The molecule has 2 aromatic carbocycles. The fourth-order valence-electron chi connectivity index (χ4n) is 2.19. The average molecular weight is 563 g/mol. The second kappa shape index (κ2) is 9.71. The van der Waals surface area contributed by atoms with Gasteiger partial charge in [0.25, 0.3) is 5.91 Å². The molecule has 0 aromatic heterocycles. The second-order valence-electron chi connectivity index (χ2n) is 6.18. The predicted octanol–water partition coefficient (Wildman–Crippen LogP) is 5.64. The molecule has 0 spiro atoms. The largest absolute Gasteiger partial charge is 0.506 e. The van der Waals surface area contributed by atoms with Crippen molar-refractivity contribution in [3.8, 4) is 11.5 Å². The lowest BCUT2D eigenvalue weighted by Gasteiger charge is -2.12. The van der Waals surface area contributed by atoms with Crippen LogP contribution in [-0.4, -0.2) is 23.8 Å². The van der Waals surface area contributed by atoms with Crippen LogP contribution in [0.5, 0.6) is 11.5 Å². The van der Waals surface area contributed by atoms with E-state index in [2.05, 4.69) is 78.2 Å². The molecule has 2 rings (SSSR count). The predicted molar refractivity (Wildman–Crippen MR) is 118 cm³/mol. The fraction of sp³-hybridized carbons (Fsp3) is 0.263. The van der Waals surface area contributed by atoms with Crippen LogP contribution < -0.4 is 10.2 Å². The minimum atomic E-state index is -0.380. The number of aromatic hydroxyl groups is 1. The SMILES string of the molecule is Cc1ccc(C(C)C)cc1OCC(=O)N/N=C/c1c(Br)cc(Br)c(O)c1Br. The summed E-state index contributed by atoms with van der Waals surface area (Å²) < 4.78 is 7.32. The van der Waals surface area contributed by atoms with Gasteiger partial charge >= 0.3 is 0 Å². The zero-order valence-electron chi connectivity index (χ0n) is 15.0. The molecule has 0 aliphatic carbocycles. The average Bonchev–Trinajstić information content (AvgIpc) is 2.61. The highest BCUT2D eigenvalue weighted by Gasteiger charge is 2.12. The second-order valence-corrected chi connectivity index (χ2v) is 8.68. The number of ether oxygens (including phenoxy) is 1. The topological polar surface area (TPSA) is 70.9 Å². The maximum atomic E-state index is 12.0. The lowest BCUT2D eigenvalue weighted by Crippen LogP contribution is -2.24. The maximum absolute atomic E-state index is 12.0. The van der Waals surface area contributed by atoms with Crippen molar-refractivity contribution >= 4 is 59.9 Å². The van der Waals surface area contributed by atoms with Crippen molar-refractivity contribution in [3.05, 3.63) is 54.4 Å². The van der Waals surface area contributed by atoms with Gasteiger partial charge in [-0.1, -0.05) is 41.9 Å². The third-order valence-electron chi connectivity index (χ3n) is 3.80. The minimum absolute atomic E-state index is 0.0508. The number of carbonyl (C=O) groups excluding carboxylic acids is 1. The van der Waals surface area contributed by atoms with Crippen molar-refractivity contribution in [3.63, 3.8) is 0 Å². The van der Waals surface area contributed by atoms with E-state index in [0.29, 0.717) is 30.6 Å². The van der Waals surface area contributed by atoms with Crippen molar-refractivity contribution in [2.45, 2.75) is 26.7 Å². The third kappa shape index (κ3) is 5.80. The molecule has 8 heteroatoms. The summed E-state index contributed by atoms with van der Waals surface area (Å²) in [5.41, 5.74) is 5.13. The monoisotopic (exact) mass is 560 g/mol. The van der Waals surface area contributed by atoms with Crippen LogP contribution in [0.4, 0.5) is 0 Å². The smallest absolute Gasteiger partial charge is 0.277 e. The summed E-state index contributed by atoms with van der Waals surface area (Å²) in [6.45, 7) is 6.00. The Morgan fingerprint density at radius 1 is 1.26 bits per heavy atom. The molecule has 0 saturated carbocycles. The molecular weight excluding hydrogens is 544 g/mol.